The standard InChI is InChI=1S/C16H16NS/c1-11-4-6-13(7-5-11)14-8-9-16-15(10-14)17(3)12(2)18-16/h4-10H,1-3H3/q+1. The van der Waals surface area contributed by atoms with Gasteiger partial charge in [-0.15, -0.1) is 0 Å². The molecule has 0 saturated heterocycles. The molecule has 2 heteroatoms. The Labute approximate surface area is 111 Å². The van der Waals surface area contributed by atoms with Gasteiger partial charge in [0.2, 0.25) is 10.5 Å². The van der Waals surface area contributed by atoms with Crippen molar-refractivity contribution in [3.8, 4) is 11.1 Å². The molecule has 1 heterocycles. The average molecular weight is 254 g/mol. The monoisotopic (exact) mass is 254 g/mol. The highest BCUT2D eigenvalue weighted by Crippen LogP contribution is 2.26. The Morgan fingerprint density at radius 2 is 1.56 bits per heavy atom. The second-order valence-corrected chi connectivity index (χ2v) is 5.96. The summed E-state index contributed by atoms with van der Waals surface area (Å²) in [7, 11) is 2.13. The molecule has 2 aromatic carbocycles. The second-order valence-electron chi connectivity index (χ2n) is 4.73. The minimum absolute atomic E-state index is 1.28. The Morgan fingerprint density at radius 3 is 2.28 bits per heavy atom. The van der Waals surface area contributed by atoms with Gasteiger partial charge in [-0.05, 0) is 24.1 Å². The Kier molecular flexibility index (Phi) is 2.67. The van der Waals surface area contributed by atoms with Crippen LogP contribution in [0.1, 0.15) is 10.6 Å². The Bertz CT molecular complexity index is 708. The van der Waals surface area contributed by atoms with E-state index in [9.17, 15) is 0 Å². The van der Waals surface area contributed by atoms with Gasteiger partial charge in [0.1, 0.15) is 11.7 Å². The number of aryl methyl sites for hydroxylation is 3. The average Bonchev–Trinajstić information content (AvgIpc) is 2.66. The third-order valence-electron chi connectivity index (χ3n) is 3.44. The highest BCUT2D eigenvalue weighted by Gasteiger charge is 2.13. The van der Waals surface area contributed by atoms with Gasteiger partial charge in [-0.2, -0.15) is 4.57 Å². The maximum atomic E-state index is 2.28. The van der Waals surface area contributed by atoms with E-state index in [0.29, 0.717) is 0 Å². The van der Waals surface area contributed by atoms with Crippen molar-refractivity contribution in [1.82, 2.24) is 0 Å². The zero-order valence-corrected chi connectivity index (χ0v) is 11.7. The van der Waals surface area contributed by atoms with Gasteiger partial charge in [0, 0.05) is 13.0 Å². The van der Waals surface area contributed by atoms with Gasteiger partial charge in [-0.3, -0.25) is 0 Å². The van der Waals surface area contributed by atoms with Crippen LogP contribution in [0.5, 0.6) is 0 Å². The van der Waals surface area contributed by atoms with E-state index in [-0.39, 0.29) is 0 Å². The van der Waals surface area contributed by atoms with Gasteiger partial charge in [-0.25, -0.2) is 0 Å². The molecule has 1 nitrogen and oxygen atoms in total. The number of hydrogen-bond acceptors (Lipinski definition) is 1. The lowest BCUT2D eigenvalue weighted by molar-refractivity contribution is -0.646. The molecule has 1 aromatic heterocycles. The Morgan fingerprint density at radius 1 is 0.889 bits per heavy atom. The highest BCUT2D eigenvalue weighted by atomic mass is 32.1. The molecule has 0 atom stereocenters. The molecular weight excluding hydrogens is 238 g/mol. The number of benzene rings is 2. The van der Waals surface area contributed by atoms with Gasteiger partial charge in [0.25, 0.3) is 0 Å². The normalized spacial score (nSPS) is 11.1. The minimum Gasteiger partial charge on any atom is -0.189 e. The SMILES string of the molecule is Cc1ccc(-c2ccc3sc(C)[n+](C)c3c2)cc1. The molecule has 0 aliphatic rings. The maximum Gasteiger partial charge on any atom is 0.234 e. The predicted octanol–water partition coefficient (Wildman–Crippen LogP) is 4.01. The van der Waals surface area contributed by atoms with Crippen molar-refractivity contribution in [2.45, 2.75) is 13.8 Å². The zero-order chi connectivity index (χ0) is 12.7. The van der Waals surface area contributed by atoms with Crippen molar-refractivity contribution in [3.05, 3.63) is 53.0 Å². The number of aromatic nitrogens is 1. The van der Waals surface area contributed by atoms with E-state index in [1.165, 1.54) is 31.9 Å². The highest BCUT2D eigenvalue weighted by molar-refractivity contribution is 7.18. The third kappa shape index (κ3) is 1.83. The van der Waals surface area contributed by atoms with Crippen LogP contribution in [0, 0.1) is 13.8 Å². The predicted molar refractivity (Wildman–Crippen MR) is 77.9 cm³/mol. The van der Waals surface area contributed by atoms with E-state index in [4.69, 9.17) is 0 Å². The van der Waals surface area contributed by atoms with Crippen LogP contribution >= 0.6 is 11.3 Å². The van der Waals surface area contributed by atoms with Crippen LogP contribution in [0.3, 0.4) is 0 Å². The third-order valence-corrected chi connectivity index (χ3v) is 4.57. The molecule has 0 amide bonds. The van der Waals surface area contributed by atoms with Gasteiger partial charge >= 0.3 is 0 Å². The molecule has 0 fully saturated rings. The van der Waals surface area contributed by atoms with Gasteiger partial charge in [-0.1, -0.05) is 47.2 Å². The zero-order valence-electron chi connectivity index (χ0n) is 10.9. The van der Waals surface area contributed by atoms with Crippen LogP contribution < -0.4 is 4.57 Å². The molecule has 0 radical (unpaired) electrons. The maximum absolute atomic E-state index is 2.28. The molecule has 0 N–H and O–H groups in total. The number of hydrogen-bond donors (Lipinski definition) is 0. The summed E-state index contributed by atoms with van der Waals surface area (Å²) in [6.07, 6.45) is 0. The first-order valence-corrected chi connectivity index (χ1v) is 6.93. The molecule has 0 bridgehead atoms. The number of thiazole rings is 1. The van der Waals surface area contributed by atoms with E-state index >= 15 is 0 Å². The summed E-state index contributed by atoms with van der Waals surface area (Å²) >= 11 is 1.85. The molecule has 0 unspecified atom stereocenters. The summed E-state index contributed by atoms with van der Waals surface area (Å²) in [5, 5.41) is 1.34. The lowest BCUT2D eigenvalue weighted by Crippen LogP contribution is -2.28. The van der Waals surface area contributed by atoms with Crippen LogP contribution in [0.4, 0.5) is 0 Å². The van der Waals surface area contributed by atoms with E-state index < -0.39 is 0 Å². The summed E-state index contributed by atoms with van der Waals surface area (Å²) in [4.78, 5) is 0. The quantitative estimate of drug-likeness (QED) is 0.578. The van der Waals surface area contributed by atoms with Crippen LogP contribution in [-0.2, 0) is 7.05 Å². The minimum atomic E-state index is 1.28. The fraction of sp³-hybridized carbons (Fsp3) is 0.188. The molecule has 18 heavy (non-hydrogen) atoms. The van der Waals surface area contributed by atoms with Crippen molar-refractivity contribution >= 4 is 21.6 Å². The summed E-state index contributed by atoms with van der Waals surface area (Å²) in [6.45, 7) is 4.28. The van der Waals surface area contributed by atoms with Crippen molar-refractivity contribution < 1.29 is 4.57 Å². The lowest BCUT2D eigenvalue weighted by atomic mass is 10.0. The summed E-state index contributed by atoms with van der Waals surface area (Å²) in [5.41, 5.74) is 5.19. The summed E-state index contributed by atoms with van der Waals surface area (Å²) < 4.78 is 3.61. The summed E-state index contributed by atoms with van der Waals surface area (Å²) in [5.74, 6) is 0. The molecule has 0 aliphatic heterocycles. The number of fused-ring (bicyclic) bond motifs is 1. The fourth-order valence-corrected chi connectivity index (χ4v) is 3.18. The molecular formula is C16H16NS+. The molecule has 0 saturated carbocycles. The molecule has 0 spiro atoms. The fourth-order valence-electron chi connectivity index (χ4n) is 2.19. The van der Waals surface area contributed by atoms with Crippen LogP contribution in [0.25, 0.3) is 21.3 Å². The molecule has 3 aromatic rings. The van der Waals surface area contributed by atoms with E-state index in [0.717, 1.165) is 0 Å². The Hall–Kier alpha value is -1.67. The van der Waals surface area contributed by atoms with Gasteiger partial charge in [0.15, 0.2) is 0 Å². The first kappa shape index (κ1) is 11.4. The smallest absolute Gasteiger partial charge is 0.189 e. The summed E-state index contributed by atoms with van der Waals surface area (Å²) in [6, 6.07) is 15.4. The van der Waals surface area contributed by atoms with E-state index in [1.54, 1.807) is 0 Å². The lowest BCUT2D eigenvalue weighted by Gasteiger charge is -2.01. The second kappa shape index (κ2) is 4.21. The largest absolute Gasteiger partial charge is 0.234 e. The van der Waals surface area contributed by atoms with Gasteiger partial charge < -0.3 is 0 Å². The van der Waals surface area contributed by atoms with Crippen LogP contribution in [0.2, 0.25) is 0 Å². The molecule has 0 aliphatic carbocycles. The number of nitrogens with zero attached hydrogens (tertiary/aromatic N) is 1. The van der Waals surface area contributed by atoms with Crippen LogP contribution in [-0.4, -0.2) is 0 Å². The van der Waals surface area contributed by atoms with Crippen molar-refractivity contribution in [1.29, 1.82) is 0 Å². The Balaban J connectivity index is 2.18. The van der Waals surface area contributed by atoms with E-state index in [1.807, 2.05) is 11.3 Å². The topological polar surface area (TPSA) is 3.88 Å². The van der Waals surface area contributed by atoms with Crippen molar-refractivity contribution in [2.24, 2.45) is 7.05 Å². The van der Waals surface area contributed by atoms with Gasteiger partial charge in [0.05, 0.1) is 0 Å². The first-order valence-electron chi connectivity index (χ1n) is 6.11. The molecule has 90 valence electrons. The van der Waals surface area contributed by atoms with Crippen LogP contribution in [0.15, 0.2) is 42.5 Å². The van der Waals surface area contributed by atoms with Crippen molar-refractivity contribution in [2.75, 3.05) is 0 Å². The number of rotatable bonds is 1. The van der Waals surface area contributed by atoms with E-state index in [2.05, 4.69) is 67.9 Å². The molecule has 3 rings (SSSR count). The first-order chi connectivity index (χ1) is 8.65. The van der Waals surface area contributed by atoms with Crippen molar-refractivity contribution in [3.63, 3.8) is 0 Å².